The molecule has 0 fully saturated rings. The number of halogens is 2. The first kappa shape index (κ1) is 17.5. The molecular weight excluding hydrogens is 361 g/mol. The molecule has 2 aromatic carbocycles. The molecule has 2 aromatic rings. The highest BCUT2D eigenvalue weighted by atomic mass is 79.9. The van der Waals surface area contributed by atoms with E-state index in [0.717, 1.165) is 15.8 Å². The maximum Gasteiger partial charge on any atom is 0.227 e. The fourth-order valence-corrected chi connectivity index (χ4v) is 2.60. The Kier molecular flexibility index (Phi) is 6.16. The van der Waals surface area contributed by atoms with Gasteiger partial charge in [0.2, 0.25) is 5.91 Å². The number of hydrogen-bond acceptors (Lipinski definition) is 2. The molecule has 0 bridgehead atoms. The number of rotatable bonds is 6. The Bertz CT molecular complexity index is 673. The Balaban J connectivity index is 1.98. The van der Waals surface area contributed by atoms with Gasteiger partial charge in [-0.1, -0.05) is 28.1 Å². The van der Waals surface area contributed by atoms with Gasteiger partial charge in [0.25, 0.3) is 0 Å². The molecular formula is C18H19BrFNO2. The number of benzene rings is 2. The van der Waals surface area contributed by atoms with Crippen molar-refractivity contribution >= 4 is 21.8 Å². The van der Waals surface area contributed by atoms with Crippen LogP contribution in [-0.2, 0) is 17.8 Å². The van der Waals surface area contributed by atoms with Crippen LogP contribution in [0.3, 0.4) is 0 Å². The van der Waals surface area contributed by atoms with Crippen molar-refractivity contribution in [3.8, 4) is 5.75 Å². The minimum atomic E-state index is -0.311. The minimum absolute atomic E-state index is 0.0615. The molecule has 0 heterocycles. The SMILES string of the molecule is CCOc1ccc(CC(=O)N(C)Cc2cc(Br)ccc2F)cc1. The average molecular weight is 380 g/mol. The van der Waals surface area contributed by atoms with E-state index in [9.17, 15) is 9.18 Å². The smallest absolute Gasteiger partial charge is 0.227 e. The van der Waals surface area contributed by atoms with Gasteiger partial charge in [0.15, 0.2) is 0 Å². The predicted octanol–water partition coefficient (Wildman–Crippen LogP) is 4.19. The van der Waals surface area contributed by atoms with E-state index < -0.39 is 0 Å². The maximum absolute atomic E-state index is 13.8. The standard InChI is InChI=1S/C18H19BrFNO2/c1-3-23-16-7-4-13(5-8-16)10-18(22)21(2)12-14-11-15(19)6-9-17(14)20/h4-9,11H,3,10,12H2,1-2H3. The van der Waals surface area contributed by atoms with E-state index in [1.807, 2.05) is 31.2 Å². The van der Waals surface area contributed by atoms with Crippen LogP contribution >= 0.6 is 15.9 Å². The molecule has 2 rings (SSSR count). The van der Waals surface area contributed by atoms with E-state index >= 15 is 0 Å². The van der Waals surface area contributed by atoms with Gasteiger partial charge in [-0.2, -0.15) is 0 Å². The molecule has 0 radical (unpaired) electrons. The Morgan fingerprint density at radius 1 is 1.22 bits per heavy atom. The number of hydrogen-bond donors (Lipinski definition) is 0. The molecule has 1 amide bonds. The first-order valence-electron chi connectivity index (χ1n) is 7.39. The van der Waals surface area contributed by atoms with Crippen molar-refractivity contribution in [2.45, 2.75) is 19.9 Å². The normalized spacial score (nSPS) is 10.4. The number of amides is 1. The zero-order chi connectivity index (χ0) is 16.8. The van der Waals surface area contributed by atoms with E-state index in [1.165, 1.54) is 11.0 Å². The van der Waals surface area contributed by atoms with Gasteiger partial charge in [0, 0.05) is 23.6 Å². The van der Waals surface area contributed by atoms with Crippen molar-refractivity contribution in [2.24, 2.45) is 0 Å². The van der Waals surface area contributed by atoms with Crippen molar-refractivity contribution in [1.82, 2.24) is 4.90 Å². The summed E-state index contributed by atoms with van der Waals surface area (Å²) < 4.78 is 19.9. The first-order chi connectivity index (χ1) is 11.0. The Labute approximate surface area is 144 Å². The van der Waals surface area contributed by atoms with Crippen molar-refractivity contribution in [3.63, 3.8) is 0 Å². The van der Waals surface area contributed by atoms with Gasteiger partial charge in [-0.05, 0) is 42.8 Å². The predicted molar refractivity (Wildman–Crippen MR) is 91.9 cm³/mol. The summed E-state index contributed by atoms with van der Waals surface area (Å²) in [6.07, 6.45) is 0.276. The van der Waals surface area contributed by atoms with E-state index in [1.54, 1.807) is 19.2 Å². The topological polar surface area (TPSA) is 29.5 Å². The number of carbonyl (C=O) groups is 1. The summed E-state index contributed by atoms with van der Waals surface area (Å²) in [5.74, 6) is 0.413. The highest BCUT2D eigenvalue weighted by Crippen LogP contribution is 2.18. The molecule has 5 heteroatoms. The van der Waals surface area contributed by atoms with Gasteiger partial charge in [-0.25, -0.2) is 4.39 Å². The van der Waals surface area contributed by atoms with Crippen LogP contribution in [0, 0.1) is 5.82 Å². The van der Waals surface area contributed by atoms with Gasteiger partial charge in [-0.3, -0.25) is 4.79 Å². The third-order valence-electron chi connectivity index (χ3n) is 3.43. The lowest BCUT2D eigenvalue weighted by atomic mass is 10.1. The van der Waals surface area contributed by atoms with Crippen LogP contribution in [0.25, 0.3) is 0 Å². The van der Waals surface area contributed by atoms with Crippen LogP contribution in [0.5, 0.6) is 5.75 Å². The molecule has 0 saturated heterocycles. The van der Waals surface area contributed by atoms with Crippen LogP contribution in [0.15, 0.2) is 46.9 Å². The fraction of sp³-hybridized carbons (Fsp3) is 0.278. The fourth-order valence-electron chi connectivity index (χ4n) is 2.19. The van der Waals surface area contributed by atoms with Crippen LogP contribution in [0.1, 0.15) is 18.1 Å². The minimum Gasteiger partial charge on any atom is -0.494 e. The average Bonchev–Trinajstić information content (AvgIpc) is 2.53. The molecule has 0 spiro atoms. The molecule has 0 aliphatic heterocycles. The van der Waals surface area contributed by atoms with Gasteiger partial charge >= 0.3 is 0 Å². The van der Waals surface area contributed by atoms with Gasteiger partial charge in [0.1, 0.15) is 11.6 Å². The maximum atomic E-state index is 13.8. The Hall–Kier alpha value is -1.88. The summed E-state index contributed by atoms with van der Waals surface area (Å²) in [7, 11) is 1.68. The lowest BCUT2D eigenvalue weighted by Crippen LogP contribution is -2.28. The second kappa shape index (κ2) is 8.11. The third-order valence-corrected chi connectivity index (χ3v) is 3.92. The monoisotopic (exact) mass is 379 g/mol. The molecule has 0 aliphatic carbocycles. The highest BCUT2D eigenvalue weighted by molar-refractivity contribution is 9.10. The molecule has 0 unspecified atom stereocenters. The second-order valence-electron chi connectivity index (χ2n) is 5.24. The Morgan fingerprint density at radius 3 is 2.57 bits per heavy atom. The molecule has 3 nitrogen and oxygen atoms in total. The molecule has 122 valence electrons. The van der Waals surface area contributed by atoms with Gasteiger partial charge in [-0.15, -0.1) is 0 Å². The largest absolute Gasteiger partial charge is 0.494 e. The summed E-state index contributed by atoms with van der Waals surface area (Å²) in [4.78, 5) is 13.8. The lowest BCUT2D eigenvalue weighted by Gasteiger charge is -2.18. The number of nitrogens with zero attached hydrogens (tertiary/aromatic N) is 1. The number of likely N-dealkylation sites (N-methyl/N-ethyl adjacent to an activating group) is 1. The Morgan fingerprint density at radius 2 is 1.91 bits per heavy atom. The van der Waals surface area contributed by atoms with Crippen LogP contribution < -0.4 is 4.74 Å². The summed E-state index contributed by atoms with van der Waals surface area (Å²) >= 11 is 3.31. The molecule has 0 N–H and O–H groups in total. The summed E-state index contributed by atoms with van der Waals surface area (Å²) in [5, 5.41) is 0. The summed E-state index contributed by atoms with van der Waals surface area (Å²) in [5.41, 5.74) is 1.39. The summed E-state index contributed by atoms with van der Waals surface area (Å²) in [6.45, 7) is 2.77. The van der Waals surface area contributed by atoms with Crippen molar-refractivity contribution in [2.75, 3.05) is 13.7 Å². The van der Waals surface area contributed by atoms with Gasteiger partial charge < -0.3 is 9.64 Å². The zero-order valence-corrected chi connectivity index (χ0v) is 14.8. The van der Waals surface area contributed by atoms with Crippen LogP contribution in [0.4, 0.5) is 4.39 Å². The molecule has 0 aromatic heterocycles. The summed E-state index contributed by atoms with van der Waals surface area (Å²) in [6, 6.07) is 12.2. The van der Waals surface area contributed by atoms with E-state index in [-0.39, 0.29) is 24.7 Å². The highest BCUT2D eigenvalue weighted by Gasteiger charge is 2.13. The zero-order valence-electron chi connectivity index (χ0n) is 13.2. The van der Waals surface area contributed by atoms with Crippen LogP contribution in [0.2, 0.25) is 0 Å². The molecule has 23 heavy (non-hydrogen) atoms. The van der Waals surface area contributed by atoms with E-state index in [0.29, 0.717) is 12.2 Å². The molecule has 0 saturated carbocycles. The molecule has 0 atom stereocenters. The van der Waals surface area contributed by atoms with Crippen molar-refractivity contribution < 1.29 is 13.9 Å². The van der Waals surface area contributed by atoms with E-state index in [2.05, 4.69) is 15.9 Å². The van der Waals surface area contributed by atoms with Crippen molar-refractivity contribution in [1.29, 1.82) is 0 Å². The van der Waals surface area contributed by atoms with E-state index in [4.69, 9.17) is 4.74 Å². The number of carbonyl (C=O) groups excluding carboxylic acids is 1. The lowest BCUT2D eigenvalue weighted by molar-refractivity contribution is -0.129. The van der Waals surface area contributed by atoms with Crippen molar-refractivity contribution in [3.05, 3.63) is 63.9 Å². The third kappa shape index (κ3) is 5.06. The molecule has 0 aliphatic rings. The first-order valence-corrected chi connectivity index (χ1v) is 8.18. The van der Waals surface area contributed by atoms with Gasteiger partial charge in [0.05, 0.1) is 13.0 Å². The number of ether oxygens (including phenoxy) is 1. The quantitative estimate of drug-likeness (QED) is 0.752. The van der Waals surface area contributed by atoms with Crippen LogP contribution in [-0.4, -0.2) is 24.5 Å². The second-order valence-corrected chi connectivity index (χ2v) is 6.15.